The van der Waals surface area contributed by atoms with Crippen LogP contribution in [0.5, 0.6) is 0 Å². The van der Waals surface area contributed by atoms with Gasteiger partial charge in [-0.2, -0.15) is 0 Å². The van der Waals surface area contributed by atoms with Gasteiger partial charge in [-0.1, -0.05) is 30.7 Å². The highest BCUT2D eigenvalue weighted by molar-refractivity contribution is 5.80. The average Bonchev–Trinajstić information content (AvgIpc) is 3.34. The van der Waals surface area contributed by atoms with Crippen LogP contribution in [0.15, 0.2) is 59.2 Å². The van der Waals surface area contributed by atoms with E-state index in [2.05, 4.69) is 46.8 Å². The van der Waals surface area contributed by atoms with Crippen LogP contribution < -0.4 is 0 Å². The maximum Gasteiger partial charge on any atom is 0.226 e. The molecule has 5 heteroatoms. The molecule has 5 rings (SSSR count). The van der Waals surface area contributed by atoms with Crippen molar-refractivity contribution in [1.29, 1.82) is 0 Å². The minimum Gasteiger partial charge on any atom is -0.444 e. The Balaban J connectivity index is 1.37. The number of rotatable bonds is 4. The molecule has 2 aromatic carbocycles. The molecule has 1 saturated heterocycles. The molecule has 28 heavy (non-hydrogen) atoms. The lowest BCUT2D eigenvalue weighted by molar-refractivity contribution is 0.218. The van der Waals surface area contributed by atoms with Crippen molar-refractivity contribution in [1.82, 2.24) is 19.4 Å². The second-order valence-corrected chi connectivity index (χ2v) is 7.54. The Morgan fingerprint density at radius 3 is 2.43 bits per heavy atom. The number of aromatic nitrogens is 3. The van der Waals surface area contributed by atoms with E-state index in [1.54, 1.807) is 6.26 Å². The van der Waals surface area contributed by atoms with Gasteiger partial charge in [-0.3, -0.25) is 4.90 Å². The minimum absolute atomic E-state index is 0.684. The molecule has 142 valence electrons. The molecule has 4 aromatic rings. The molecule has 0 amide bonds. The molecule has 1 aliphatic heterocycles. The fourth-order valence-corrected chi connectivity index (χ4v) is 4.02. The second kappa shape index (κ2) is 7.24. The van der Waals surface area contributed by atoms with Crippen molar-refractivity contribution in [3.05, 3.63) is 60.5 Å². The minimum atomic E-state index is 0.684. The number of piperidine rings is 1. The highest BCUT2D eigenvalue weighted by atomic mass is 16.3. The van der Waals surface area contributed by atoms with Crippen LogP contribution in [0.3, 0.4) is 0 Å². The predicted molar refractivity (Wildman–Crippen MR) is 111 cm³/mol. The summed E-state index contributed by atoms with van der Waals surface area (Å²) >= 11 is 0. The highest BCUT2D eigenvalue weighted by Crippen LogP contribution is 2.27. The molecule has 0 N–H and O–H groups in total. The molecule has 0 atom stereocenters. The first kappa shape index (κ1) is 17.2. The summed E-state index contributed by atoms with van der Waals surface area (Å²) in [5, 5.41) is 0. The summed E-state index contributed by atoms with van der Waals surface area (Å²) in [7, 11) is 2.06. The predicted octanol–water partition coefficient (Wildman–Crippen LogP) is 4.88. The van der Waals surface area contributed by atoms with Gasteiger partial charge in [0, 0.05) is 24.7 Å². The fraction of sp³-hybridized carbons (Fsp3) is 0.304. The van der Waals surface area contributed by atoms with Gasteiger partial charge >= 0.3 is 0 Å². The smallest absolute Gasteiger partial charge is 0.226 e. The van der Waals surface area contributed by atoms with E-state index in [0.29, 0.717) is 5.89 Å². The first-order valence-electron chi connectivity index (χ1n) is 9.97. The van der Waals surface area contributed by atoms with Crippen LogP contribution >= 0.6 is 0 Å². The summed E-state index contributed by atoms with van der Waals surface area (Å²) in [6.45, 7) is 3.20. The van der Waals surface area contributed by atoms with Gasteiger partial charge < -0.3 is 8.98 Å². The van der Waals surface area contributed by atoms with Crippen molar-refractivity contribution in [2.24, 2.45) is 7.05 Å². The van der Waals surface area contributed by atoms with Gasteiger partial charge in [0.25, 0.3) is 0 Å². The summed E-state index contributed by atoms with van der Waals surface area (Å²) in [6, 6.07) is 16.5. The van der Waals surface area contributed by atoms with E-state index in [-0.39, 0.29) is 0 Å². The molecule has 5 nitrogen and oxygen atoms in total. The zero-order chi connectivity index (χ0) is 18.9. The zero-order valence-electron chi connectivity index (χ0n) is 16.1. The van der Waals surface area contributed by atoms with Crippen LogP contribution in [0.2, 0.25) is 0 Å². The Bertz CT molecular complexity index is 1090. The first-order valence-corrected chi connectivity index (χ1v) is 9.97. The average molecular weight is 372 g/mol. The first-order chi connectivity index (χ1) is 13.8. The lowest BCUT2D eigenvalue weighted by Crippen LogP contribution is -2.29. The lowest BCUT2D eigenvalue weighted by atomic mass is 10.1. The monoisotopic (exact) mass is 372 g/mol. The lowest BCUT2D eigenvalue weighted by Gasteiger charge is -2.25. The van der Waals surface area contributed by atoms with Crippen molar-refractivity contribution < 1.29 is 4.42 Å². The number of hydrogen-bond donors (Lipinski definition) is 0. The van der Waals surface area contributed by atoms with Crippen molar-refractivity contribution in [3.8, 4) is 22.8 Å². The molecule has 0 saturated carbocycles. The molecule has 0 radical (unpaired) electrons. The van der Waals surface area contributed by atoms with Gasteiger partial charge in [-0.25, -0.2) is 9.97 Å². The summed E-state index contributed by atoms with van der Waals surface area (Å²) < 4.78 is 7.88. The van der Waals surface area contributed by atoms with Crippen LogP contribution in [0.4, 0.5) is 0 Å². The van der Waals surface area contributed by atoms with Crippen molar-refractivity contribution in [3.63, 3.8) is 0 Å². The van der Waals surface area contributed by atoms with Gasteiger partial charge in [0.15, 0.2) is 0 Å². The maximum absolute atomic E-state index is 5.75. The van der Waals surface area contributed by atoms with Crippen molar-refractivity contribution in [2.45, 2.75) is 25.8 Å². The highest BCUT2D eigenvalue weighted by Gasteiger charge is 2.14. The van der Waals surface area contributed by atoms with E-state index < -0.39 is 0 Å². The quantitative estimate of drug-likeness (QED) is 0.512. The molecule has 1 aliphatic rings. The Morgan fingerprint density at radius 1 is 0.893 bits per heavy atom. The maximum atomic E-state index is 5.75. The standard InChI is InChI=1S/C23H24N4O/c1-26-21-8-4-3-7-20(21)25-22(26)17-9-11-18(12-10-17)23-24-19(16-28-23)15-27-13-5-2-6-14-27/h3-4,7-12,16H,2,5-6,13-15H2,1H3. The zero-order valence-corrected chi connectivity index (χ0v) is 16.1. The van der Waals surface area contributed by atoms with Crippen LogP contribution in [0, 0.1) is 0 Å². The van der Waals surface area contributed by atoms with Gasteiger partial charge in [0.05, 0.1) is 16.7 Å². The number of nitrogens with zero attached hydrogens (tertiary/aromatic N) is 4. The number of oxazole rings is 1. The van der Waals surface area contributed by atoms with Gasteiger partial charge in [0.1, 0.15) is 12.1 Å². The Hall–Kier alpha value is -2.92. The number of fused-ring (bicyclic) bond motifs is 1. The Kier molecular flexibility index (Phi) is 4.45. The SMILES string of the molecule is Cn1c(-c2ccc(-c3nc(CN4CCCCC4)co3)cc2)nc2ccccc21. The number of hydrogen-bond acceptors (Lipinski definition) is 4. The van der Waals surface area contributed by atoms with E-state index in [1.165, 1.54) is 19.3 Å². The van der Waals surface area contributed by atoms with Crippen LogP contribution in [-0.4, -0.2) is 32.5 Å². The third kappa shape index (κ3) is 3.22. The largest absolute Gasteiger partial charge is 0.444 e. The molecular weight excluding hydrogens is 348 g/mol. The van der Waals surface area contributed by atoms with Gasteiger partial charge in [-0.15, -0.1) is 0 Å². The van der Waals surface area contributed by atoms with Crippen LogP contribution in [0.25, 0.3) is 33.9 Å². The number of likely N-dealkylation sites (tertiary alicyclic amines) is 1. The van der Waals surface area contributed by atoms with E-state index in [9.17, 15) is 0 Å². The fourth-order valence-electron chi connectivity index (χ4n) is 4.02. The van der Waals surface area contributed by atoms with Crippen LogP contribution in [-0.2, 0) is 13.6 Å². The van der Waals surface area contributed by atoms with Crippen LogP contribution in [0.1, 0.15) is 25.0 Å². The van der Waals surface area contributed by atoms with Crippen molar-refractivity contribution in [2.75, 3.05) is 13.1 Å². The van der Waals surface area contributed by atoms with E-state index in [1.807, 2.05) is 18.2 Å². The molecular formula is C23H24N4O. The summed E-state index contributed by atoms with van der Waals surface area (Å²) in [5.74, 6) is 1.65. The molecule has 2 aromatic heterocycles. The molecule has 0 spiro atoms. The second-order valence-electron chi connectivity index (χ2n) is 7.54. The van der Waals surface area contributed by atoms with Gasteiger partial charge in [0.2, 0.25) is 5.89 Å². The summed E-state index contributed by atoms with van der Waals surface area (Å²) in [5.41, 5.74) is 5.24. The number of benzene rings is 2. The summed E-state index contributed by atoms with van der Waals surface area (Å²) in [6.07, 6.45) is 5.71. The number of imidazole rings is 1. The summed E-state index contributed by atoms with van der Waals surface area (Å²) in [4.78, 5) is 11.9. The van der Waals surface area contributed by atoms with Crippen molar-refractivity contribution >= 4 is 11.0 Å². The number of para-hydroxylation sites is 2. The van der Waals surface area contributed by atoms with E-state index in [4.69, 9.17) is 14.4 Å². The third-order valence-corrected chi connectivity index (χ3v) is 5.56. The Labute approximate surface area is 164 Å². The molecule has 1 fully saturated rings. The van der Waals surface area contributed by atoms with E-state index in [0.717, 1.165) is 53.3 Å². The normalized spacial score (nSPS) is 15.3. The third-order valence-electron chi connectivity index (χ3n) is 5.56. The number of aryl methyl sites for hydroxylation is 1. The molecule has 3 heterocycles. The molecule has 0 unspecified atom stereocenters. The van der Waals surface area contributed by atoms with Gasteiger partial charge in [-0.05, 0) is 50.2 Å². The van der Waals surface area contributed by atoms with E-state index >= 15 is 0 Å². The molecule has 0 aliphatic carbocycles. The Morgan fingerprint density at radius 2 is 1.64 bits per heavy atom. The topological polar surface area (TPSA) is 47.1 Å². The molecule has 0 bridgehead atoms.